The van der Waals surface area contributed by atoms with Gasteiger partial charge in [-0.2, -0.15) is 0 Å². The number of benzene rings is 1. The summed E-state index contributed by atoms with van der Waals surface area (Å²) in [7, 11) is 0. The van der Waals surface area contributed by atoms with Gasteiger partial charge in [-0.25, -0.2) is 19.1 Å². The average molecular weight is 385 g/mol. The molecule has 7 nitrogen and oxygen atoms in total. The van der Waals surface area contributed by atoms with Crippen molar-refractivity contribution in [2.75, 3.05) is 0 Å². The molecule has 1 aliphatic rings. The lowest BCUT2D eigenvalue weighted by atomic mass is 9.83. The normalized spacial score (nSPS) is 24.5. The molecule has 2 N–H and O–H groups in total. The molecule has 0 aliphatic carbocycles. The van der Waals surface area contributed by atoms with Crippen LogP contribution in [0.2, 0.25) is 0 Å². The van der Waals surface area contributed by atoms with Gasteiger partial charge < -0.3 is 15.0 Å². The molecule has 28 heavy (non-hydrogen) atoms. The highest BCUT2D eigenvalue weighted by Crippen LogP contribution is 2.48. The first-order valence-electron chi connectivity index (χ1n) is 9.53. The number of quaternary nitrogens is 1. The number of amides is 2. The van der Waals surface area contributed by atoms with Crippen molar-refractivity contribution in [2.24, 2.45) is 0 Å². The van der Waals surface area contributed by atoms with Crippen molar-refractivity contribution in [2.45, 2.75) is 65.6 Å². The van der Waals surface area contributed by atoms with Crippen LogP contribution in [0, 0.1) is 6.92 Å². The smallest absolute Gasteiger partial charge is 0.405 e. The van der Waals surface area contributed by atoms with Crippen molar-refractivity contribution < 1.29 is 14.7 Å². The van der Waals surface area contributed by atoms with Gasteiger partial charge in [-0.05, 0) is 46.8 Å². The minimum Gasteiger partial charge on any atom is -0.465 e. The Morgan fingerprint density at radius 1 is 1.32 bits per heavy atom. The number of carboxylic acid groups (broad SMARTS) is 1. The van der Waals surface area contributed by atoms with Crippen LogP contribution in [0.1, 0.15) is 58.3 Å². The van der Waals surface area contributed by atoms with Crippen molar-refractivity contribution in [3.63, 3.8) is 0 Å². The molecule has 2 amide bonds. The highest BCUT2D eigenvalue weighted by atomic mass is 16.4. The van der Waals surface area contributed by atoms with Gasteiger partial charge in [0.2, 0.25) is 0 Å². The topological polar surface area (TPSA) is 84.2 Å². The summed E-state index contributed by atoms with van der Waals surface area (Å²) in [6, 6.07) is 5.48. The Kier molecular flexibility index (Phi) is 4.83. The van der Waals surface area contributed by atoms with Crippen molar-refractivity contribution in [3.8, 4) is 5.69 Å². The highest BCUT2D eigenvalue weighted by molar-refractivity contribution is 5.90. The van der Waals surface area contributed by atoms with Crippen molar-refractivity contribution in [3.05, 3.63) is 42.0 Å². The first-order valence-corrected chi connectivity index (χ1v) is 9.53. The van der Waals surface area contributed by atoms with Crippen LogP contribution in [0.5, 0.6) is 0 Å². The summed E-state index contributed by atoms with van der Waals surface area (Å²) in [5.74, 6) is 0.0567. The van der Waals surface area contributed by atoms with Crippen LogP contribution in [0.15, 0.2) is 30.7 Å². The van der Waals surface area contributed by atoms with Gasteiger partial charge in [-0.3, -0.25) is 0 Å². The van der Waals surface area contributed by atoms with Gasteiger partial charge in [0.1, 0.15) is 17.3 Å². The van der Waals surface area contributed by atoms with E-state index in [1.165, 1.54) is 0 Å². The van der Waals surface area contributed by atoms with Gasteiger partial charge >= 0.3 is 12.0 Å². The summed E-state index contributed by atoms with van der Waals surface area (Å²) in [6.45, 7) is 11.8. The number of hydrogen-bond acceptors (Lipinski definition) is 3. The molecule has 7 heteroatoms. The lowest BCUT2D eigenvalue weighted by molar-refractivity contribution is -0.136. The summed E-state index contributed by atoms with van der Waals surface area (Å²) in [5.41, 5.74) is 3.12. The van der Waals surface area contributed by atoms with E-state index in [1.54, 1.807) is 13.3 Å². The fourth-order valence-corrected chi connectivity index (χ4v) is 4.99. The predicted molar refractivity (Wildman–Crippen MR) is 109 cm³/mol. The van der Waals surface area contributed by atoms with Crippen LogP contribution in [0.4, 0.5) is 10.5 Å². The Labute approximate surface area is 165 Å². The Hall–Kier alpha value is -2.67. The number of hydrogen-bond donors (Lipinski definition) is 2. The number of carbonyl (C=O) groups excluding carboxylic acids is 1. The van der Waals surface area contributed by atoms with E-state index in [4.69, 9.17) is 0 Å². The fourth-order valence-electron chi connectivity index (χ4n) is 4.99. The van der Waals surface area contributed by atoms with Gasteiger partial charge in [-0.1, -0.05) is 0 Å². The summed E-state index contributed by atoms with van der Waals surface area (Å²) >= 11 is 0. The van der Waals surface area contributed by atoms with Gasteiger partial charge in [0.05, 0.1) is 25.0 Å². The molecular weight excluding hydrogens is 356 g/mol. The number of imidazole rings is 1. The molecule has 0 fully saturated rings. The Bertz CT molecular complexity index is 928. The van der Waals surface area contributed by atoms with E-state index < -0.39 is 6.09 Å². The summed E-state index contributed by atoms with van der Waals surface area (Å²) in [5, 5.41) is 12.0. The number of fused-ring (bicyclic) bond motifs is 1. The zero-order valence-electron chi connectivity index (χ0n) is 17.4. The van der Waals surface area contributed by atoms with E-state index in [0.717, 1.165) is 22.6 Å². The minimum absolute atomic E-state index is 0.0567. The second-order valence-electron chi connectivity index (χ2n) is 8.66. The molecule has 1 aromatic carbocycles. The maximum Gasteiger partial charge on any atom is 0.405 e. The van der Waals surface area contributed by atoms with Crippen molar-refractivity contribution in [1.29, 1.82) is 0 Å². The molecule has 0 radical (unpaired) electrons. The molecule has 0 spiro atoms. The molecule has 0 bridgehead atoms. The zero-order valence-corrected chi connectivity index (χ0v) is 17.4. The molecule has 1 unspecified atom stereocenters. The van der Waals surface area contributed by atoms with Crippen LogP contribution in [0.3, 0.4) is 0 Å². The lowest BCUT2D eigenvalue weighted by Gasteiger charge is -2.53. The van der Waals surface area contributed by atoms with E-state index in [2.05, 4.69) is 31.1 Å². The lowest BCUT2D eigenvalue weighted by Crippen LogP contribution is -2.71. The SMILES string of the molecule is CC(=O)[N@+]1(C(C)(C)C)c2ccc(-n3cnc(C)c3)cc2C(NC(=O)O)C[C@@H]1C. The number of nitrogens with one attached hydrogen (secondary N) is 1. The fraction of sp³-hybridized carbons (Fsp3) is 0.476. The van der Waals surface area contributed by atoms with Gasteiger partial charge in [0, 0.05) is 29.9 Å². The summed E-state index contributed by atoms with van der Waals surface area (Å²) in [6.07, 6.45) is 3.14. The summed E-state index contributed by atoms with van der Waals surface area (Å²) in [4.78, 5) is 28.8. The Morgan fingerprint density at radius 3 is 2.50 bits per heavy atom. The van der Waals surface area contributed by atoms with Crippen molar-refractivity contribution >= 4 is 17.7 Å². The van der Waals surface area contributed by atoms with Crippen molar-refractivity contribution in [1.82, 2.24) is 19.4 Å². The minimum atomic E-state index is -1.06. The molecule has 0 saturated carbocycles. The number of aromatic nitrogens is 2. The van der Waals surface area contributed by atoms with E-state index in [9.17, 15) is 14.7 Å². The third-order valence-corrected chi connectivity index (χ3v) is 5.87. The molecule has 150 valence electrons. The van der Waals surface area contributed by atoms with Crippen LogP contribution < -0.4 is 9.80 Å². The van der Waals surface area contributed by atoms with Gasteiger partial charge in [0.15, 0.2) is 0 Å². The van der Waals surface area contributed by atoms with Gasteiger partial charge in [0.25, 0.3) is 0 Å². The summed E-state index contributed by atoms with van der Waals surface area (Å²) < 4.78 is 2.09. The van der Waals surface area contributed by atoms with E-state index in [0.29, 0.717) is 6.42 Å². The average Bonchev–Trinajstić information content (AvgIpc) is 2.99. The number of nitrogens with zero attached hydrogens (tertiary/aromatic N) is 3. The largest absolute Gasteiger partial charge is 0.465 e. The first kappa shape index (κ1) is 20.1. The number of aryl methyl sites for hydroxylation is 1. The molecular formula is C21H29N4O3+. The maximum absolute atomic E-state index is 13.0. The third-order valence-electron chi connectivity index (χ3n) is 5.87. The quantitative estimate of drug-likeness (QED) is 0.767. The second kappa shape index (κ2) is 6.74. The van der Waals surface area contributed by atoms with Crippen LogP contribution in [-0.2, 0) is 4.79 Å². The molecule has 2 aromatic rings. The zero-order chi connectivity index (χ0) is 20.9. The number of carbonyl (C=O) groups is 2. The predicted octanol–water partition coefficient (Wildman–Crippen LogP) is 3.93. The number of rotatable bonds is 2. The van der Waals surface area contributed by atoms with E-state index in [-0.39, 0.29) is 28.0 Å². The molecule has 1 aromatic heterocycles. The van der Waals surface area contributed by atoms with Crippen LogP contribution in [0.25, 0.3) is 5.69 Å². The molecule has 2 heterocycles. The maximum atomic E-state index is 13.0. The van der Waals surface area contributed by atoms with Crippen LogP contribution >= 0.6 is 0 Å². The standard InChI is InChI=1S/C21H28N4O3/c1-13-11-24(12-22-13)16-7-8-19-17(10-16)18(23-20(27)28)9-14(2)25(19,15(3)26)21(4,5)6/h7-8,10-12,14,18,23H,9H2,1-6H3/p+1/t14-,18?,25-/m0/s1. The third kappa shape index (κ3) is 2.99. The van der Waals surface area contributed by atoms with Gasteiger partial charge in [-0.15, -0.1) is 0 Å². The highest BCUT2D eigenvalue weighted by Gasteiger charge is 2.56. The monoisotopic (exact) mass is 385 g/mol. The second-order valence-corrected chi connectivity index (χ2v) is 8.66. The van der Waals surface area contributed by atoms with E-state index in [1.807, 2.05) is 42.8 Å². The Morgan fingerprint density at radius 2 is 2.00 bits per heavy atom. The molecule has 1 aliphatic heterocycles. The molecule has 0 saturated heterocycles. The Balaban J connectivity index is 2.27. The van der Waals surface area contributed by atoms with Crippen LogP contribution in [-0.4, -0.2) is 38.2 Å². The first-order chi connectivity index (χ1) is 13.0. The molecule has 3 rings (SSSR count). The molecule has 3 atom stereocenters. The van der Waals surface area contributed by atoms with E-state index >= 15 is 0 Å².